The number of oxime groups is 1. The number of carbonyl (C=O) groups is 5. The molecule has 232 valence electrons. The molecule has 0 bridgehead atoms. The number of nitrogens with two attached hydrogens (primary N) is 1. The van der Waals surface area contributed by atoms with E-state index in [1.54, 1.807) is 37.8 Å². The number of carbonyl (C=O) groups excluding carboxylic acids is 5. The Morgan fingerprint density at radius 2 is 1.93 bits per heavy atom. The van der Waals surface area contributed by atoms with Gasteiger partial charge in [-0.3, -0.25) is 19.3 Å². The number of thiazole rings is 1. The summed E-state index contributed by atoms with van der Waals surface area (Å²) in [6.07, 6.45) is 4.51. The number of ether oxygens (including phenoxy) is 3. The van der Waals surface area contributed by atoms with Crippen LogP contribution in [-0.2, 0) is 33.4 Å². The molecule has 3 aliphatic heterocycles. The zero-order chi connectivity index (χ0) is 31.3. The first-order chi connectivity index (χ1) is 20.4. The molecule has 3 amide bonds. The van der Waals surface area contributed by atoms with E-state index in [0.717, 1.165) is 24.2 Å². The molecule has 0 aromatic carbocycles. The number of fused-ring (bicyclic) bond motifs is 1. The Balaban J connectivity index is 1.47. The number of rotatable bonds is 9. The topological polar surface area (TPSA) is 203 Å². The van der Waals surface area contributed by atoms with E-state index < -0.39 is 59.2 Å². The van der Waals surface area contributed by atoms with E-state index in [1.165, 1.54) is 22.0 Å². The predicted octanol–water partition coefficient (Wildman–Crippen LogP) is 1.44. The summed E-state index contributed by atoms with van der Waals surface area (Å²) in [7, 11) is 0. The number of anilines is 1. The number of esters is 2. The van der Waals surface area contributed by atoms with Crippen LogP contribution >= 0.6 is 23.1 Å². The van der Waals surface area contributed by atoms with Crippen molar-refractivity contribution < 1.29 is 43.4 Å². The van der Waals surface area contributed by atoms with E-state index in [9.17, 15) is 29.2 Å². The average molecular weight is 637 g/mol. The lowest BCUT2D eigenvalue weighted by Gasteiger charge is -2.49. The van der Waals surface area contributed by atoms with Gasteiger partial charge in [0.05, 0.1) is 5.41 Å². The molecule has 1 aromatic heterocycles. The van der Waals surface area contributed by atoms with E-state index in [1.807, 2.05) is 0 Å². The summed E-state index contributed by atoms with van der Waals surface area (Å²) in [5.41, 5.74) is 4.69. The number of nitrogens with one attached hydrogen (secondary N) is 1. The smallest absolute Gasteiger partial charge is 0.410 e. The minimum absolute atomic E-state index is 0.0363. The zero-order valence-electron chi connectivity index (χ0n) is 23.7. The molecule has 4 rings (SSSR count). The lowest BCUT2D eigenvalue weighted by atomic mass is 9.98. The Kier molecular flexibility index (Phi) is 9.95. The maximum Gasteiger partial charge on any atom is 0.410 e. The molecule has 4 N–H and O–H groups in total. The van der Waals surface area contributed by atoms with Crippen molar-refractivity contribution in [2.75, 3.05) is 38.0 Å². The molecule has 0 unspecified atom stereocenters. The Bertz CT molecular complexity index is 1380. The lowest BCUT2D eigenvalue weighted by Crippen LogP contribution is -2.71. The van der Waals surface area contributed by atoms with Crippen LogP contribution in [0.2, 0.25) is 0 Å². The quantitative estimate of drug-likeness (QED) is 0.0880. The monoisotopic (exact) mass is 636 g/mol. The molecule has 2 fully saturated rings. The van der Waals surface area contributed by atoms with Gasteiger partial charge in [0.25, 0.3) is 11.8 Å². The Morgan fingerprint density at radius 3 is 2.56 bits per heavy atom. The molecule has 2 saturated heterocycles. The van der Waals surface area contributed by atoms with Gasteiger partial charge < -0.3 is 35.4 Å². The van der Waals surface area contributed by atoms with Crippen molar-refractivity contribution in [1.29, 1.82) is 0 Å². The number of allylic oxidation sites excluding steroid dienone is 1. The third-order valence-electron chi connectivity index (χ3n) is 6.54. The summed E-state index contributed by atoms with van der Waals surface area (Å²) in [6.45, 7) is 5.48. The molecule has 0 radical (unpaired) electrons. The van der Waals surface area contributed by atoms with Crippen LogP contribution in [0.3, 0.4) is 0 Å². The number of nitrogen functional groups attached to an aromatic ring is 1. The molecule has 0 spiro atoms. The fraction of sp³-hybridized carbons (Fsp3) is 0.500. The van der Waals surface area contributed by atoms with Gasteiger partial charge in [0.15, 0.2) is 10.8 Å². The minimum Gasteiger partial charge on any atom is -0.445 e. The minimum atomic E-state index is -1.06. The van der Waals surface area contributed by atoms with Crippen molar-refractivity contribution in [2.45, 2.75) is 45.0 Å². The third kappa shape index (κ3) is 7.27. The van der Waals surface area contributed by atoms with Crippen molar-refractivity contribution >= 4 is 63.8 Å². The Morgan fingerprint density at radius 1 is 1.21 bits per heavy atom. The van der Waals surface area contributed by atoms with Crippen LogP contribution < -0.4 is 11.1 Å². The van der Waals surface area contributed by atoms with Gasteiger partial charge in [0.2, 0.25) is 6.79 Å². The van der Waals surface area contributed by atoms with Crippen molar-refractivity contribution in [1.82, 2.24) is 20.1 Å². The first kappa shape index (κ1) is 31.8. The van der Waals surface area contributed by atoms with Crippen LogP contribution in [-0.4, -0.2) is 99.2 Å². The van der Waals surface area contributed by atoms with Crippen molar-refractivity contribution in [2.24, 2.45) is 10.6 Å². The van der Waals surface area contributed by atoms with Crippen LogP contribution in [0.15, 0.2) is 34.0 Å². The number of thioether (sulfide) groups is 1. The zero-order valence-corrected chi connectivity index (χ0v) is 25.4. The summed E-state index contributed by atoms with van der Waals surface area (Å²) in [4.78, 5) is 70.3. The fourth-order valence-electron chi connectivity index (χ4n) is 4.30. The molecule has 1 aromatic rings. The highest BCUT2D eigenvalue weighted by Crippen LogP contribution is 2.41. The summed E-state index contributed by atoms with van der Waals surface area (Å²) in [6, 6.07) is -1.06. The van der Waals surface area contributed by atoms with Gasteiger partial charge in [0.1, 0.15) is 29.4 Å². The van der Waals surface area contributed by atoms with Gasteiger partial charge in [-0.25, -0.2) is 14.6 Å². The van der Waals surface area contributed by atoms with Crippen LogP contribution in [0, 0.1) is 5.41 Å². The average Bonchev–Trinajstić information content (AvgIpc) is 3.65. The highest BCUT2D eigenvalue weighted by molar-refractivity contribution is 8.00. The van der Waals surface area contributed by atoms with Gasteiger partial charge in [-0.1, -0.05) is 11.2 Å². The van der Waals surface area contributed by atoms with Crippen molar-refractivity contribution in [3.8, 4) is 0 Å². The van der Waals surface area contributed by atoms with Gasteiger partial charge in [-0.2, -0.15) is 0 Å². The van der Waals surface area contributed by atoms with Gasteiger partial charge in [-0.05, 0) is 45.3 Å². The van der Waals surface area contributed by atoms with Crippen LogP contribution in [0.4, 0.5) is 9.93 Å². The van der Waals surface area contributed by atoms with E-state index in [-0.39, 0.29) is 28.9 Å². The Labute approximate surface area is 255 Å². The van der Waals surface area contributed by atoms with Crippen molar-refractivity contribution in [3.05, 3.63) is 34.5 Å². The fourth-order valence-corrected chi connectivity index (χ4v) is 6.17. The van der Waals surface area contributed by atoms with E-state index in [0.29, 0.717) is 18.7 Å². The second kappa shape index (κ2) is 13.5. The van der Waals surface area contributed by atoms with Crippen molar-refractivity contribution in [3.63, 3.8) is 0 Å². The number of hydrogen-bond donors (Lipinski definition) is 3. The summed E-state index contributed by atoms with van der Waals surface area (Å²) in [5.74, 6) is -2.76. The van der Waals surface area contributed by atoms with E-state index in [4.69, 9.17) is 19.9 Å². The number of hydrogen-bond acceptors (Lipinski definition) is 14. The second-order valence-corrected chi connectivity index (χ2v) is 12.7. The first-order valence-electron chi connectivity index (χ1n) is 13.3. The first-order valence-corrected chi connectivity index (χ1v) is 15.2. The van der Waals surface area contributed by atoms with Gasteiger partial charge in [0, 0.05) is 24.2 Å². The molecule has 15 nitrogen and oxygen atoms in total. The summed E-state index contributed by atoms with van der Waals surface area (Å²) in [5, 5.41) is 15.8. The molecule has 3 aliphatic rings. The molecule has 0 aliphatic carbocycles. The molecule has 2 atom stereocenters. The summed E-state index contributed by atoms with van der Waals surface area (Å²) < 4.78 is 15.5. The second-order valence-electron chi connectivity index (χ2n) is 10.7. The molecular weight excluding hydrogens is 604 g/mol. The highest BCUT2D eigenvalue weighted by atomic mass is 32.2. The largest absolute Gasteiger partial charge is 0.445 e. The normalized spacial score (nSPS) is 20.5. The van der Waals surface area contributed by atoms with Gasteiger partial charge >= 0.3 is 18.0 Å². The van der Waals surface area contributed by atoms with Gasteiger partial charge in [-0.15, -0.1) is 23.1 Å². The summed E-state index contributed by atoms with van der Waals surface area (Å²) >= 11 is 2.31. The standard InChI is InChI=1S/C26H32N6O9S2/c1-26(2,3)23(36)41-13-40-22(35)18-14(7-6-10-39-25(37)31-8-4-5-9-31)11-42-21-17(20(34)32(18)21)29-19(33)16(30-38)15-12-43-24(27)28-15/h6-7,12,17,21,38H,4-5,8-11,13H2,1-3H3,(H2,27,28)(H,29,33)/b7-6-,30-16-/t17-,21-/m1/s1. The molecule has 4 heterocycles. The molecule has 0 saturated carbocycles. The molecule has 43 heavy (non-hydrogen) atoms. The number of nitrogens with zero attached hydrogens (tertiary/aromatic N) is 4. The lowest BCUT2D eigenvalue weighted by molar-refractivity contribution is -0.173. The Hall–Kier alpha value is -4.12. The van der Waals surface area contributed by atoms with E-state index in [2.05, 4.69) is 15.5 Å². The number of aromatic nitrogens is 1. The highest BCUT2D eigenvalue weighted by Gasteiger charge is 2.54. The molecular formula is C26H32N6O9S2. The maximum absolute atomic E-state index is 13.3. The van der Waals surface area contributed by atoms with Crippen LogP contribution in [0.25, 0.3) is 0 Å². The number of amides is 3. The SMILES string of the molecule is CC(C)(C)C(=O)OCOC(=O)C1=C(/C=C\COC(=O)N2CCCC2)CS[C@@H]2[C@H](NC(=O)/C(=N\O)c3csc(N)n3)C(=O)N12. The maximum atomic E-state index is 13.3. The predicted molar refractivity (Wildman–Crippen MR) is 155 cm³/mol. The number of β-lactam (4-membered cyclic amide) rings is 1. The number of likely N-dealkylation sites (tertiary alicyclic amines) is 1. The van der Waals surface area contributed by atoms with Crippen LogP contribution in [0.1, 0.15) is 39.3 Å². The third-order valence-corrected chi connectivity index (χ3v) is 8.51. The van der Waals surface area contributed by atoms with E-state index >= 15 is 0 Å². The molecule has 17 heteroatoms. The van der Waals surface area contributed by atoms with Crippen LogP contribution in [0.5, 0.6) is 0 Å².